The molecule has 0 spiro atoms. The highest BCUT2D eigenvalue weighted by molar-refractivity contribution is 5.97. The van der Waals surface area contributed by atoms with Crippen molar-refractivity contribution >= 4 is 17.2 Å². The number of Topliss-reactive ketones (excluding diaryl/α,β-unsaturated/α-hetero) is 1. The van der Waals surface area contributed by atoms with Crippen molar-refractivity contribution in [2.45, 2.75) is 6.42 Å². The first-order valence-electron chi connectivity index (χ1n) is 5.39. The standard InChI is InChI=1S/C14H14N2O/c15-12-7-6-10(8-13(12)16)9-14(17)11-4-2-1-3-5-11/h1-8H,9,15-16H2. The van der Waals surface area contributed by atoms with Crippen molar-refractivity contribution in [3.05, 3.63) is 59.7 Å². The molecule has 0 fully saturated rings. The van der Waals surface area contributed by atoms with E-state index in [1.165, 1.54) is 0 Å². The number of nitrogen functional groups attached to an aromatic ring is 2. The second-order valence-electron chi connectivity index (χ2n) is 3.93. The molecule has 86 valence electrons. The highest BCUT2D eigenvalue weighted by Crippen LogP contribution is 2.17. The zero-order chi connectivity index (χ0) is 12.3. The number of rotatable bonds is 3. The van der Waals surface area contributed by atoms with Crippen LogP contribution in [0.4, 0.5) is 11.4 Å². The minimum absolute atomic E-state index is 0.0785. The summed E-state index contributed by atoms with van der Waals surface area (Å²) in [5, 5.41) is 0. The monoisotopic (exact) mass is 226 g/mol. The molecule has 0 aliphatic rings. The van der Waals surface area contributed by atoms with E-state index in [9.17, 15) is 4.79 Å². The average molecular weight is 226 g/mol. The summed E-state index contributed by atoms with van der Waals surface area (Å²) in [5.41, 5.74) is 14.0. The third-order valence-electron chi connectivity index (χ3n) is 2.61. The SMILES string of the molecule is Nc1ccc(CC(=O)c2ccccc2)cc1N. The van der Waals surface area contributed by atoms with E-state index >= 15 is 0 Å². The molecule has 3 heteroatoms. The van der Waals surface area contributed by atoms with E-state index in [1.54, 1.807) is 12.1 Å². The Morgan fingerprint density at radius 1 is 0.941 bits per heavy atom. The van der Waals surface area contributed by atoms with Gasteiger partial charge in [0, 0.05) is 12.0 Å². The molecule has 0 amide bonds. The zero-order valence-electron chi connectivity index (χ0n) is 9.39. The van der Waals surface area contributed by atoms with Crippen LogP contribution in [-0.2, 0) is 6.42 Å². The van der Waals surface area contributed by atoms with Crippen LogP contribution in [0.25, 0.3) is 0 Å². The summed E-state index contributed by atoms with van der Waals surface area (Å²) in [6.45, 7) is 0. The van der Waals surface area contributed by atoms with E-state index in [0.717, 1.165) is 5.56 Å². The number of nitrogens with two attached hydrogens (primary N) is 2. The van der Waals surface area contributed by atoms with Crippen LogP contribution in [0, 0.1) is 0 Å². The Morgan fingerprint density at radius 3 is 2.29 bits per heavy atom. The van der Waals surface area contributed by atoms with Crippen LogP contribution < -0.4 is 11.5 Å². The average Bonchev–Trinajstić information content (AvgIpc) is 2.35. The van der Waals surface area contributed by atoms with Gasteiger partial charge >= 0.3 is 0 Å². The molecule has 0 bridgehead atoms. The van der Waals surface area contributed by atoms with E-state index < -0.39 is 0 Å². The molecule has 0 unspecified atom stereocenters. The largest absolute Gasteiger partial charge is 0.397 e. The molecular weight excluding hydrogens is 212 g/mol. The Kier molecular flexibility index (Phi) is 3.10. The van der Waals surface area contributed by atoms with Crippen LogP contribution in [0.5, 0.6) is 0 Å². The fraction of sp³-hybridized carbons (Fsp3) is 0.0714. The van der Waals surface area contributed by atoms with Gasteiger partial charge in [-0.25, -0.2) is 0 Å². The number of carbonyl (C=O) groups excluding carboxylic acids is 1. The lowest BCUT2D eigenvalue weighted by atomic mass is 10.0. The van der Waals surface area contributed by atoms with Gasteiger partial charge in [0.2, 0.25) is 0 Å². The second kappa shape index (κ2) is 4.70. The van der Waals surface area contributed by atoms with Crippen LogP contribution in [0.3, 0.4) is 0 Å². The molecule has 3 nitrogen and oxygen atoms in total. The van der Waals surface area contributed by atoms with Crippen LogP contribution in [0.2, 0.25) is 0 Å². The fourth-order valence-electron chi connectivity index (χ4n) is 1.65. The van der Waals surface area contributed by atoms with Gasteiger partial charge < -0.3 is 11.5 Å². The van der Waals surface area contributed by atoms with Gasteiger partial charge in [-0.05, 0) is 17.7 Å². The molecule has 17 heavy (non-hydrogen) atoms. The highest BCUT2D eigenvalue weighted by Gasteiger charge is 2.07. The molecule has 0 aromatic heterocycles. The molecule has 0 heterocycles. The van der Waals surface area contributed by atoms with Crippen LogP contribution >= 0.6 is 0 Å². The van der Waals surface area contributed by atoms with Crippen LogP contribution in [0.15, 0.2) is 48.5 Å². The topological polar surface area (TPSA) is 69.1 Å². The number of hydrogen-bond acceptors (Lipinski definition) is 3. The maximum absolute atomic E-state index is 11.9. The van der Waals surface area contributed by atoms with Crippen LogP contribution in [-0.4, -0.2) is 5.78 Å². The minimum atomic E-state index is 0.0785. The Bertz CT molecular complexity index is 535. The smallest absolute Gasteiger partial charge is 0.167 e. The van der Waals surface area contributed by atoms with Gasteiger partial charge in [-0.15, -0.1) is 0 Å². The van der Waals surface area contributed by atoms with Gasteiger partial charge in [0.05, 0.1) is 11.4 Å². The van der Waals surface area contributed by atoms with Gasteiger partial charge in [-0.2, -0.15) is 0 Å². The van der Waals surface area contributed by atoms with Crippen molar-refractivity contribution < 1.29 is 4.79 Å². The summed E-state index contributed by atoms with van der Waals surface area (Å²) in [5.74, 6) is 0.0785. The molecule has 4 N–H and O–H groups in total. The molecular formula is C14H14N2O. The minimum Gasteiger partial charge on any atom is -0.397 e. The van der Waals surface area contributed by atoms with Crippen molar-refractivity contribution in [2.75, 3.05) is 11.5 Å². The molecule has 0 saturated heterocycles. The lowest BCUT2D eigenvalue weighted by Crippen LogP contribution is -2.04. The Morgan fingerprint density at radius 2 is 1.65 bits per heavy atom. The quantitative estimate of drug-likeness (QED) is 0.623. The summed E-state index contributed by atoms with van der Waals surface area (Å²) < 4.78 is 0. The molecule has 0 atom stereocenters. The Labute approximate surface area is 100 Å². The van der Waals surface area contributed by atoms with Crippen molar-refractivity contribution in [2.24, 2.45) is 0 Å². The Balaban J connectivity index is 2.16. The summed E-state index contributed by atoms with van der Waals surface area (Å²) in [4.78, 5) is 11.9. The number of hydrogen-bond donors (Lipinski definition) is 2. The second-order valence-corrected chi connectivity index (χ2v) is 3.93. The van der Waals surface area contributed by atoms with E-state index in [2.05, 4.69) is 0 Å². The lowest BCUT2D eigenvalue weighted by Gasteiger charge is -2.04. The van der Waals surface area contributed by atoms with Crippen molar-refractivity contribution in [3.8, 4) is 0 Å². The normalized spacial score (nSPS) is 10.1. The van der Waals surface area contributed by atoms with E-state index in [1.807, 2.05) is 36.4 Å². The number of carbonyl (C=O) groups is 1. The number of anilines is 2. The van der Waals surface area contributed by atoms with E-state index in [0.29, 0.717) is 23.4 Å². The molecule has 2 aromatic rings. The van der Waals surface area contributed by atoms with Gasteiger partial charge in [0.1, 0.15) is 0 Å². The highest BCUT2D eigenvalue weighted by atomic mass is 16.1. The van der Waals surface area contributed by atoms with Gasteiger partial charge in [0.15, 0.2) is 5.78 Å². The summed E-state index contributed by atoms with van der Waals surface area (Å²) >= 11 is 0. The van der Waals surface area contributed by atoms with Crippen LogP contribution in [0.1, 0.15) is 15.9 Å². The van der Waals surface area contributed by atoms with Gasteiger partial charge in [-0.3, -0.25) is 4.79 Å². The molecule has 0 aliphatic carbocycles. The van der Waals surface area contributed by atoms with Crippen molar-refractivity contribution in [3.63, 3.8) is 0 Å². The van der Waals surface area contributed by atoms with Gasteiger partial charge in [-0.1, -0.05) is 36.4 Å². The third-order valence-corrected chi connectivity index (χ3v) is 2.61. The predicted octanol–water partition coefficient (Wildman–Crippen LogP) is 2.28. The van der Waals surface area contributed by atoms with E-state index in [-0.39, 0.29) is 5.78 Å². The summed E-state index contributed by atoms with van der Waals surface area (Å²) in [6, 6.07) is 14.5. The predicted molar refractivity (Wildman–Crippen MR) is 69.7 cm³/mol. The number of benzene rings is 2. The summed E-state index contributed by atoms with van der Waals surface area (Å²) in [7, 11) is 0. The molecule has 0 aliphatic heterocycles. The maximum Gasteiger partial charge on any atom is 0.167 e. The van der Waals surface area contributed by atoms with Crippen molar-refractivity contribution in [1.29, 1.82) is 0 Å². The molecule has 2 aromatic carbocycles. The van der Waals surface area contributed by atoms with Crippen molar-refractivity contribution in [1.82, 2.24) is 0 Å². The molecule has 0 saturated carbocycles. The van der Waals surface area contributed by atoms with E-state index in [4.69, 9.17) is 11.5 Å². The maximum atomic E-state index is 11.9. The molecule has 2 rings (SSSR count). The Hall–Kier alpha value is -2.29. The zero-order valence-corrected chi connectivity index (χ0v) is 9.39. The summed E-state index contributed by atoms with van der Waals surface area (Å²) in [6.07, 6.45) is 0.342. The fourth-order valence-corrected chi connectivity index (χ4v) is 1.65. The third kappa shape index (κ3) is 2.64. The van der Waals surface area contributed by atoms with Gasteiger partial charge in [0.25, 0.3) is 0 Å². The first-order valence-corrected chi connectivity index (χ1v) is 5.39. The lowest BCUT2D eigenvalue weighted by molar-refractivity contribution is 0.0993. The first-order chi connectivity index (χ1) is 8.16. The number of ketones is 1. The first kappa shape index (κ1) is 11.2. The molecule has 0 radical (unpaired) electrons.